The maximum atomic E-state index is 4.55. The predicted octanol–water partition coefficient (Wildman–Crippen LogP) is 1.16. The average Bonchev–Trinajstić information content (AvgIpc) is 2.66. The number of hydrogen-bond acceptors (Lipinski definition) is 3. The average molecular weight is 187 g/mol. The zero-order valence-electron chi connectivity index (χ0n) is 8.27. The maximum absolute atomic E-state index is 4.55. The Kier molecular flexibility index (Phi) is 1.54. The molecule has 3 nitrogen and oxygen atoms in total. The number of nitrogens with zero attached hydrogens (tertiary/aromatic N) is 3. The van der Waals surface area contributed by atoms with Gasteiger partial charge in [0.25, 0.3) is 0 Å². The second-order valence-corrected chi connectivity index (χ2v) is 3.83. The van der Waals surface area contributed by atoms with Gasteiger partial charge in [0, 0.05) is 24.8 Å². The third-order valence-electron chi connectivity index (χ3n) is 2.87. The fourth-order valence-corrected chi connectivity index (χ4v) is 2.20. The lowest BCUT2D eigenvalue weighted by Crippen LogP contribution is -2.43. The fraction of sp³-hybridized carbons (Fsp3) is 0.364. The van der Waals surface area contributed by atoms with E-state index in [9.17, 15) is 0 Å². The van der Waals surface area contributed by atoms with Gasteiger partial charge in [0.2, 0.25) is 0 Å². The zero-order valence-corrected chi connectivity index (χ0v) is 8.27. The van der Waals surface area contributed by atoms with Gasteiger partial charge in [0.05, 0.1) is 13.2 Å². The zero-order chi connectivity index (χ0) is 9.54. The van der Waals surface area contributed by atoms with Crippen LogP contribution in [-0.2, 0) is 0 Å². The molecule has 0 saturated carbocycles. The largest absolute Gasteiger partial charge is 0.356 e. The molecule has 0 aliphatic carbocycles. The summed E-state index contributed by atoms with van der Waals surface area (Å²) in [6, 6.07) is 8.48. The number of para-hydroxylation sites is 1. The van der Waals surface area contributed by atoms with E-state index < -0.39 is 0 Å². The van der Waals surface area contributed by atoms with Crippen LogP contribution in [0.15, 0.2) is 29.3 Å². The molecular formula is C11H13N3. The van der Waals surface area contributed by atoms with Crippen LogP contribution in [0.2, 0.25) is 0 Å². The molecule has 14 heavy (non-hydrogen) atoms. The third kappa shape index (κ3) is 0.953. The van der Waals surface area contributed by atoms with E-state index >= 15 is 0 Å². The highest BCUT2D eigenvalue weighted by Gasteiger charge is 2.27. The van der Waals surface area contributed by atoms with Gasteiger partial charge < -0.3 is 9.80 Å². The van der Waals surface area contributed by atoms with Crippen LogP contribution in [0.1, 0.15) is 5.56 Å². The second kappa shape index (κ2) is 2.74. The first kappa shape index (κ1) is 7.85. The summed E-state index contributed by atoms with van der Waals surface area (Å²) in [7, 11) is 2.13. The van der Waals surface area contributed by atoms with Crippen molar-refractivity contribution in [3.63, 3.8) is 0 Å². The quantitative estimate of drug-likeness (QED) is 0.607. The molecule has 2 aliphatic rings. The Bertz CT molecular complexity index is 397. The van der Waals surface area contributed by atoms with Crippen molar-refractivity contribution in [2.24, 2.45) is 4.99 Å². The number of anilines is 1. The summed E-state index contributed by atoms with van der Waals surface area (Å²) in [4.78, 5) is 9.16. The van der Waals surface area contributed by atoms with E-state index in [1.165, 1.54) is 17.1 Å². The molecule has 0 saturated heterocycles. The Morgan fingerprint density at radius 2 is 2.14 bits per heavy atom. The summed E-state index contributed by atoms with van der Waals surface area (Å²) in [5.74, 6) is 1.18. The molecule has 2 aliphatic heterocycles. The molecular weight excluding hydrogens is 174 g/mol. The van der Waals surface area contributed by atoms with Crippen LogP contribution in [0.3, 0.4) is 0 Å². The van der Waals surface area contributed by atoms with Crippen LogP contribution in [0, 0.1) is 0 Å². The Morgan fingerprint density at radius 3 is 3.07 bits per heavy atom. The Balaban J connectivity index is 2.17. The molecule has 0 atom stereocenters. The van der Waals surface area contributed by atoms with E-state index in [0.29, 0.717) is 0 Å². The summed E-state index contributed by atoms with van der Waals surface area (Å²) < 4.78 is 0. The molecule has 0 unspecified atom stereocenters. The van der Waals surface area contributed by atoms with Crippen molar-refractivity contribution in [1.29, 1.82) is 0 Å². The molecule has 0 fully saturated rings. The van der Waals surface area contributed by atoms with Gasteiger partial charge in [0.1, 0.15) is 5.84 Å². The Hall–Kier alpha value is -1.51. The van der Waals surface area contributed by atoms with Gasteiger partial charge in [-0.15, -0.1) is 0 Å². The summed E-state index contributed by atoms with van der Waals surface area (Å²) >= 11 is 0. The van der Waals surface area contributed by atoms with Gasteiger partial charge in [-0.25, -0.2) is 0 Å². The Morgan fingerprint density at radius 1 is 1.29 bits per heavy atom. The maximum Gasteiger partial charge on any atom is 0.134 e. The molecule has 3 rings (SSSR count). The number of aliphatic imine (C=N–C) groups is 1. The van der Waals surface area contributed by atoms with Crippen molar-refractivity contribution in [3.05, 3.63) is 29.8 Å². The molecule has 2 heterocycles. The van der Waals surface area contributed by atoms with Crippen LogP contribution in [0.25, 0.3) is 0 Å². The van der Waals surface area contributed by atoms with Gasteiger partial charge in [-0.1, -0.05) is 12.1 Å². The van der Waals surface area contributed by atoms with Crippen LogP contribution >= 0.6 is 0 Å². The first-order chi connectivity index (χ1) is 6.86. The number of fused-ring (bicyclic) bond motifs is 3. The standard InChI is InChI=1S/C11H13N3/c1-13-8-14-7-6-12-11(14)9-4-2-3-5-10(9)13/h2-5H,6-8H2,1H3. The minimum Gasteiger partial charge on any atom is -0.356 e. The summed E-state index contributed by atoms with van der Waals surface area (Å²) in [6.45, 7) is 2.97. The van der Waals surface area contributed by atoms with Crippen LogP contribution in [-0.4, -0.2) is 37.5 Å². The van der Waals surface area contributed by atoms with Crippen LogP contribution in [0.5, 0.6) is 0 Å². The molecule has 0 spiro atoms. The number of benzene rings is 1. The first-order valence-electron chi connectivity index (χ1n) is 4.96. The topological polar surface area (TPSA) is 18.8 Å². The first-order valence-corrected chi connectivity index (χ1v) is 4.96. The van der Waals surface area contributed by atoms with Crippen molar-refractivity contribution in [2.75, 3.05) is 31.7 Å². The summed E-state index contributed by atoms with van der Waals surface area (Å²) in [6.07, 6.45) is 0. The van der Waals surface area contributed by atoms with Crippen molar-refractivity contribution in [1.82, 2.24) is 4.90 Å². The highest BCUT2D eigenvalue weighted by atomic mass is 15.4. The molecule has 0 N–H and O–H groups in total. The van der Waals surface area contributed by atoms with E-state index in [-0.39, 0.29) is 0 Å². The molecule has 0 bridgehead atoms. The van der Waals surface area contributed by atoms with Gasteiger partial charge in [0.15, 0.2) is 0 Å². The van der Waals surface area contributed by atoms with Gasteiger partial charge in [-0.3, -0.25) is 4.99 Å². The Labute approximate surface area is 83.7 Å². The van der Waals surface area contributed by atoms with Gasteiger partial charge in [-0.2, -0.15) is 0 Å². The minimum atomic E-state index is 0.942. The minimum absolute atomic E-state index is 0.942. The fourth-order valence-electron chi connectivity index (χ4n) is 2.20. The second-order valence-electron chi connectivity index (χ2n) is 3.83. The van der Waals surface area contributed by atoms with Crippen molar-refractivity contribution in [3.8, 4) is 0 Å². The molecule has 3 heteroatoms. The van der Waals surface area contributed by atoms with Crippen molar-refractivity contribution in [2.45, 2.75) is 0 Å². The lowest BCUT2D eigenvalue weighted by molar-refractivity contribution is 0.451. The summed E-state index contributed by atoms with van der Waals surface area (Å²) in [5, 5.41) is 0. The molecule has 1 aromatic carbocycles. The summed E-state index contributed by atoms with van der Waals surface area (Å²) in [5.41, 5.74) is 2.57. The van der Waals surface area contributed by atoms with Crippen LogP contribution < -0.4 is 4.90 Å². The third-order valence-corrected chi connectivity index (χ3v) is 2.87. The lowest BCUT2D eigenvalue weighted by Gasteiger charge is -2.35. The molecule has 0 radical (unpaired) electrons. The van der Waals surface area contributed by atoms with E-state index in [2.05, 4.69) is 46.1 Å². The monoisotopic (exact) mass is 187 g/mol. The van der Waals surface area contributed by atoms with Crippen molar-refractivity contribution >= 4 is 11.5 Å². The highest BCUT2D eigenvalue weighted by molar-refractivity contribution is 6.05. The van der Waals surface area contributed by atoms with Gasteiger partial charge in [-0.05, 0) is 12.1 Å². The number of rotatable bonds is 0. The van der Waals surface area contributed by atoms with E-state index in [1.54, 1.807) is 0 Å². The molecule has 0 amide bonds. The molecule has 1 aromatic rings. The lowest BCUT2D eigenvalue weighted by atomic mass is 10.1. The van der Waals surface area contributed by atoms with Gasteiger partial charge >= 0.3 is 0 Å². The van der Waals surface area contributed by atoms with Crippen LogP contribution in [0.4, 0.5) is 5.69 Å². The van der Waals surface area contributed by atoms with E-state index in [0.717, 1.165) is 19.8 Å². The van der Waals surface area contributed by atoms with E-state index in [4.69, 9.17) is 0 Å². The normalized spacial score (nSPS) is 19.1. The van der Waals surface area contributed by atoms with E-state index in [1.807, 2.05) is 0 Å². The number of hydrogen-bond donors (Lipinski definition) is 0. The highest BCUT2D eigenvalue weighted by Crippen LogP contribution is 2.27. The van der Waals surface area contributed by atoms with Crippen molar-refractivity contribution < 1.29 is 0 Å². The molecule has 0 aromatic heterocycles. The SMILES string of the molecule is CN1CN2CCN=C2c2ccccc21. The smallest absolute Gasteiger partial charge is 0.134 e. The predicted molar refractivity (Wildman–Crippen MR) is 57.8 cm³/mol. The number of amidine groups is 1. The molecule has 72 valence electrons.